The minimum absolute atomic E-state index is 0.106. The van der Waals surface area contributed by atoms with Gasteiger partial charge in [-0.3, -0.25) is 9.59 Å². The van der Waals surface area contributed by atoms with Gasteiger partial charge in [0, 0.05) is 32.9 Å². The molecule has 0 atom stereocenters. The highest BCUT2D eigenvalue weighted by molar-refractivity contribution is 9.10. The summed E-state index contributed by atoms with van der Waals surface area (Å²) in [6.07, 6.45) is 0.611. The van der Waals surface area contributed by atoms with Gasteiger partial charge in [0.05, 0.1) is 14.2 Å². The summed E-state index contributed by atoms with van der Waals surface area (Å²) in [5, 5.41) is 0. The van der Waals surface area contributed by atoms with Crippen LogP contribution in [0.25, 0.3) is 0 Å². The summed E-state index contributed by atoms with van der Waals surface area (Å²) in [5.41, 5.74) is 1.52. The number of hydrogen-bond donors (Lipinski definition) is 0. The van der Waals surface area contributed by atoms with Crippen molar-refractivity contribution in [2.75, 3.05) is 14.2 Å². The molecule has 0 aliphatic carbocycles. The largest absolute Gasteiger partial charge is 0.496 e. The molecule has 2 rings (SSSR count). The number of halogens is 2. The average Bonchev–Trinajstić information content (AvgIpc) is 2.71. The third kappa shape index (κ3) is 7.70. The van der Waals surface area contributed by atoms with E-state index >= 15 is 0 Å². The molecular weight excluding hydrogens is 508 g/mol. The predicted molar refractivity (Wildman–Crippen MR) is 115 cm³/mol. The Morgan fingerprint density at radius 2 is 1.17 bits per heavy atom. The molecule has 0 unspecified atom stereocenters. The van der Waals surface area contributed by atoms with Crippen LogP contribution in [-0.4, -0.2) is 26.2 Å². The van der Waals surface area contributed by atoms with E-state index in [-0.39, 0.29) is 38.0 Å². The van der Waals surface area contributed by atoms with Gasteiger partial charge in [-0.25, -0.2) is 0 Å². The number of rotatable bonds is 10. The van der Waals surface area contributed by atoms with Crippen LogP contribution in [-0.2, 0) is 32.3 Å². The maximum absolute atomic E-state index is 11.9. The molecule has 6 nitrogen and oxygen atoms in total. The van der Waals surface area contributed by atoms with Gasteiger partial charge in [-0.1, -0.05) is 31.9 Å². The second-order valence-corrected chi connectivity index (χ2v) is 7.92. The van der Waals surface area contributed by atoms with Crippen molar-refractivity contribution in [3.8, 4) is 11.5 Å². The van der Waals surface area contributed by atoms with Crippen molar-refractivity contribution >= 4 is 43.8 Å². The Labute approximate surface area is 186 Å². The van der Waals surface area contributed by atoms with Gasteiger partial charge in [0.1, 0.15) is 24.7 Å². The van der Waals surface area contributed by atoms with E-state index in [1.165, 1.54) is 0 Å². The highest BCUT2D eigenvalue weighted by Crippen LogP contribution is 2.25. The Morgan fingerprint density at radius 1 is 0.759 bits per heavy atom. The van der Waals surface area contributed by atoms with Crippen LogP contribution < -0.4 is 9.47 Å². The zero-order chi connectivity index (χ0) is 21.2. The highest BCUT2D eigenvalue weighted by atomic mass is 79.9. The normalized spacial score (nSPS) is 10.3. The van der Waals surface area contributed by atoms with Crippen LogP contribution in [0, 0.1) is 0 Å². The topological polar surface area (TPSA) is 71.1 Å². The Kier molecular flexibility index (Phi) is 9.47. The van der Waals surface area contributed by atoms with Gasteiger partial charge in [-0.2, -0.15) is 0 Å². The molecule has 0 aliphatic heterocycles. The van der Waals surface area contributed by atoms with Gasteiger partial charge in [-0.05, 0) is 42.8 Å². The summed E-state index contributed by atoms with van der Waals surface area (Å²) in [4.78, 5) is 23.9. The molecule has 0 radical (unpaired) electrons. The van der Waals surface area contributed by atoms with E-state index in [4.69, 9.17) is 18.9 Å². The summed E-state index contributed by atoms with van der Waals surface area (Å²) >= 11 is 6.75. The van der Waals surface area contributed by atoms with Crippen LogP contribution in [0.1, 0.15) is 30.4 Å². The van der Waals surface area contributed by atoms with E-state index in [1.54, 1.807) is 26.4 Å². The number of methoxy groups -OCH3 is 2. The molecule has 2 aromatic rings. The molecule has 0 aromatic heterocycles. The predicted octanol–water partition coefficient (Wildman–Crippen LogP) is 5.19. The Balaban J connectivity index is 1.71. The first-order chi connectivity index (χ1) is 13.9. The maximum Gasteiger partial charge on any atom is 0.306 e. The first-order valence-corrected chi connectivity index (χ1v) is 10.5. The SMILES string of the molecule is COc1ccc(Br)cc1COC(=O)CCCC(=O)OCc1cc(Br)ccc1OC. The van der Waals surface area contributed by atoms with Crippen LogP contribution in [0.5, 0.6) is 11.5 Å². The lowest BCUT2D eigenvalue weighted by molar-refractivity contribution is -0.146. The highest BCUT2D eigenvalue weighted by Gasteiger charge is 2.11. The van der Waals surface area contributed by atoms with Crippen LogP contribution in [0.3, 0.4) is 0 Å². The lowest BCUT2D eigenvalue weighted by Crippen LogP contribution is -2.09. The molecular formula is C21H22Br2O6. The summed E-state index contributed by atoms with van der Waals surface area (Å²) in [6.45, 7) is 0.211. The zero-order valence-electron chi connectivity index (χ0n) is 16.2. The van der Waals surface area contributed by atoms with Crippen molar-refractivity contribution in [2.24, 2.45) is 0 Å². The number of carbonyl (C=O) groups is 2. The summed E-state index contributed by atoms with van der Waals surface area (Å²) < 4.78 is 22.8. The zero-order valence-corrected chi connectivity index (χ0v) is 19.4. The van der Waals surface area contributed by atoms with Crippen LogP contribution in [0.4, 0.5) is 0 Å². The minimum Gasteiger partial charge on any atom is -0.496 e. The first-order valence-electron chi connectivity index (χ1n) is 8.89. The lowest BCUT2D eigenvalue weighted by atomic mass is 10.2. The van der Waals surface area contributed by atoms with E-state index in [2.05, 4.69) is 31.9 Å². The van der Waals surface area contributed by atoms with Crippen molar-refractivity contribution in [1.82, 2.24) is 0 Å². The quantitative estimate of drug-likeness (QED) is 0.395. The fraction of sp³-hybridized carbons (Fsp3) is 0.333. The standard InChI is InChI=1S/C21H22Br2O6/c1-26-18-8-6-16(22)10-14(18)12-28-20(24)4-3-5-21(25)29-13-15-11-17(23)7-9-19(15)27-2/h6-11H,3-5,12-13H2,1-2H3. The van der Waals surface area contributed by atoms with Gasteiger partial charge in [0.2, 0.25) is 0 Å². The monoisotopic (exact) mass is 528 g/mol. The van der Waals surface area contributed by atoms with E-state index in [9.17, 15) is 9.59 Å². The summed E-state index contributed by atoms with van der Waals surface area (Å²) in [6, 6.07) is 10.9. The fourth-order valence-electron chi connectivity index (χ4n) is 2.56. The molecule has 156 valence electrons. The number of hydrogen-bond acceptors (Lipinski definition) is 6. The molecule has 0 spiro atoms. The molecule has 0 fully saturated rings. The van der Waals surface area contributed by atoms with Crippen LogP contribution in [0.15, 0.2) is 45.3 Å². The van der Waals surface area contributed by atoms with Gasteiger partial charge >= 0.3 is 11.9 Å². The van der Waals surface area contributed by atoms with Gasteiger partial charge in [0.25, 0.3) is 0 Å². The Morgan fingerprint density at radius 3 is 1.55 bits per heavy atom. The van der Waals surface area contributed by atoms with E-state index in [1.807, 2.05) is 24.3 Å². The fourth-order valence-corrected chi connectivity index (χ4v) is 3.37. The third-order valence-corrected chi connectivity index (χ3v) is 5.01. The van der Waals surface area contributed by atoms with Crippen molar-refractivity contribution < 1.29 is 28.5 Å². The second kappa shape index (κ2) is 11.8. The molecule has 0 heterocycles. The minimum atomic E-state index is -0.381. The number of ether oxygens (including phenoxy) is 4. The number of esters is 2. The van der Waals surface area contributed by atoms with Gasteiger partial charge in [0.15, 0.2) is 0 Å². The van der Waals surface area contributed by atoms with Crippen molar-refractivity contribution in [2.45, 2.75) is 32.5 Å². The van der Waals surface area contributed by atoms with E-state index < -0.39 is 0 Å². The molecule has 2 aromatic carbocycles. The lowest BCUT2D eigenvalue weighted by Gasteiger charge is -2.11. The Bertz CT molecular complexity index is 784. The maximum atomic E-state index is 11.9. The van der Waals surface area contributed by atoms with Crippen LogP contribution >= 0.6 is 31.9 Å². The Hall–Kier alpha value is -2.06. The van der Waals surface area contributed by atoms with Crippen LogP contribution in [0.2, 0.25) is 0 Å². The molecule has 0 N–H and O–H groups in total. The smallest absolute Gasteiger partial charge is 0.306 e. The molecule has 0 aliphatic rings. The number of benzene rings is 2. The summed E-state index contributed by atoms with van der Waals surface area (Å²) in [7, 11) is 3.12. The molecule has 0 amide bonds. The summed E-state index contributed by atoms with van der Waals surface area (Å²) in [5.74, 6) is 0.530. The molecule has 0 saturated heterocycles. The first kappa shape index (κ1) is 23.2. The molecule has 8 heteroatoms. The van der Waals surface area contributed by atoms with Gasteiger partial charge in [-0.15, -0.1) is 0 Å². The third-order valence-electron chi connectivity index (χ3n) is 4.02. The van der Waals surface area contributed by atoms with Gasteiger partial charge < -0.3 is 18.9 Å². The molecule has 29 heavy (non-hydrogen) atoms. The van der Waals surface area contributed by atoms with E-state index in [0.29, 0.717) is 17.9 Å². The average molecular weight is 530 g/mol. The van der Waals surface area contributed by atoms with E-state index in [0.717, 1.165) is 20.1 Å². The number of carbonyl (C=O) groups excluding carboxylic acids is 2. The molecule has 0 bridgehead atoms. The second-order valence-electron chi connectivity index (χ2n) is 6.09. The van der Waals surface area contributed by atoms with Crippen molar-refractivity contribution in [1.29, 1.82) is 0 Å². The van der Waals surface area contributed by atoms with Crippen molar-refractivity contribution in [3.63, 3.8) is 0 Å². The molecule has 0 saturated carbocycles. The van der Waals surface area contributed by atoms with Crippen molar-refractivity contribution in [3.05, 3.63) is 56.5 Å².